The number of hydrogen-bond acceptors (Lipinski definition) is 2. The first-order chi connectivity index (χ1) is 12.1. The average Bonchev–Trinajstić information content (AvgIpc) is 2.63. The topological polar surface area (TPSA) is 64.4 Å². The molecule has 3 aromatic rings. The Morgan fingerprint density at radius 3 is 2.00 bits per heavy atom. The number of rotatable bonds is 3. The summed E-state index contributed by atoms with van der Waals surface area (Å²) in [7, 11) is 0. The van der Waals surface area contributed by atoms with E-state index < -0.39 is 6.17 Å². The number of nitrogens with two attached hydrogens (primary N) is 2. The van der Waals surface area contributed by atoms with Gasteiger partial charge in [0.2, 0.25) is 0 Å². The minimum absolute atomic E-state index is 0.447. The quantitative estimate of drug-likeness (QED) is 0.493. The molecular weight excluding hydrogens is 374 g/mol. The lowest BCUT2D eigenvalue weighted by Gasteiger charge is -2.09. The highest BCUT2D eigenvalue weighted by atomic mass is 79.9. The first-order valence-corrected chi connectivity index (χ1v) is 8.77. The molecule has 25 heavy (non-hydrogen) atoms. The number of amidine groups is 1. The molecule has 4 heteroatoms. The van der Waals surface area contributed by atoms with Crippen LogP contribution < -0.4 is 11.5 Å². The Morgan fingerprint density at radius 1 is 0.880 bits per heavy atom. The molecule has 0 aliphatic heterocycles. The van der Waals surface area contributed by atoms with Crippen molar-refractivity contribution in [3.05, 3.63) is 106 Å². The Balaban J connectivity index is 0.000000269. The summed E-state index contributed by atoms with van der Waals surface area (Å²) >= 11 is 3.41. The number of aryl methyl sites for hydroxylation is 1. The summed E-state index contributed by atoms with van der Waals surface area (Å²) in [4.78, 5) is 4.31. The Morgan fingerprint density at radius 2 is 1.48 bits per heavy atom. The molecule has 1 atom stereocenters. The molecule has 0 spiro atoms. The largest absolute Gasteiger partial charge is 0.383 e. The van der Waals surface area contributed by atoms with E-state index in [1.807, 2.05) is 72.8 Å². The lowest BCUT2D eigenvalue weighted by molar-refractivity contribution is 0.774. The van der Waals surface area contributed by atoms with Gasteiger partial charge < -0.3 is 11.5 Å². The molecule has 0 heterocycles. The van der Waals surface area contributed by atoms with E-state index in [-0.39, 0.29) is 0 Å². The summed E-state index contributed by atoms with van der Waals surface area (Å²) in [6, 6.07) is 27.6. The normalized spacial score (nSPS) is 12.0. The molecular formula is C21H22BrN3. The highest BCUT2D eigenvalue weighted by molar-refractivity contribution is 9.10. The fraction of sp³-hybridized carbons (Fsp3) is 0.0952. The summed E-state index contributed by atoms with van der Waals surface area (Å²) in [6.45, 7) is 2.08. The number of hydrogen-bond donors (Lipinski definition) is 2. The predicted molar refractivity (Wildman–Crippen MR) is 109 cm³/mol. The molecule has 0 aromatic heterocycles. The van der Waals surface area contributed by atoms with Crippen molar-refractivity contribution in [2.45, 2.75) is 13.1 Å². The summed E-state index contributed by atoms with van der Waals surface area (Å²) in [5.74, 6) is 0.447. The second kappa shape index (κ2) is 9.77. The molecule has 1 unspecified atom stereocenters. The maximum Gasteiger partial charge on any atom is 0.127 e. The van der Waals surface area contributed by atoms with Gasteiger partial charge >= 0.3 is 0 Å². The average molecular weight is 396 g/mol. The van der Waals surface area contributed by atoms with Gasteiger partial charge in [-0.25, -0.2) is 4.99 Å². The zero-order valence-corrected chi connectivity index (χ0v) is 15.7. The zero-order valence-electron chi connectivity index (χ0n) is 14.1. The van der Waals surface area contributed by atoms with Crippen LogP contribution in [0.5, 0.6) is 0 Å². The highest BCUT2D eigenvalue weighted by Crippen LogP contribution is 2.17. The number of aliphatic imine (C=N–C) groups is 1. The van der Waals surface area contributed by atoms with Crippen LogP contribution in [0.2, 0.25) is 0 Å². The van der Waals surface area contributed by atoms with E-state index >= 15 is 0 Å². The lowest BCUT2D eigenvalue weighted by atomic mass is 10.1. The van der Waals surface area contributed by atoms with Crippen molar-refractivity contribution in [1.29, 1.82) is 0 Å². The molecule has 0 radical (unpaired) electrons. The second-order valence-corrected chi connectivity index (χ2v) is 6.45. The van der Waals surface area contributed by atoms with Crippen LogP contribution in [0.15, 0.2) is 94.4 Å². The third kappa shape index (κ3) is 6.53. The van der Waals surface area contributed by atoms with E-state index in [1.54, 1.807) is 0 Å². The van der Waals surface area contributed by atoms with Crippen LogP contribution in [0.3, 0.4) is 0 Å². The number of halogens is 1. The zero-order chi connectivity index (χ0) is 18.1. The molecule has 0 aliphatic carbocycles. The minimum Gasteiger partial charge on any atom is -0.383 e. The van der Waals surface area contributed by atoms with E-state index in [4.69, 9.17) is 11.5 Å². The Hall–Kier alpha value is -2.43. The smallest absolute Gasteiger partial charge is 0.127 e. The monoisotopic (exact) mass is 395 g/mol. The summed E-state index contributed by atoms with van der Waals surface area (Å²) < 4.78 is 0.976. The molecule has 0 bridgehead atoms. The fourth-order valence-electron chi connectivity index (χ4n) is 2.13. The number of nitrogens with zero attached hydrogens (tertiary/aromatic N) is 1. The van der Waals surface area contributed by atoms with E-state index in [0.29, 0.717) is 5.84 Å². The first kappa shape index (κ1) is 18.9. The molecule has 0 amide bonds. The van der Waals surface area contributed by atoms with Crippen molar-refractivity contribution in [2.75, 3.05) is 0 Å². The van der Waals surface area contributed by atoms with Gasteiger partial charge in [0, 0.05) is 10.0 Å². The highest BCUT2D eigenvalue weighted by Gasteiger charge is 2.06. The summed E-state index contributed by atoms with van der Waals surface area (Å²) in [5.41, 5.74) is 15.1. The molecule has 4 N–H and O–H groups in total. The van der Waals surface area contributed by atoms with Gasteiger partial charge in [0.1, 0.15) is 12.0 Å². The van der Waals surface area contributed by atoms with E-state index in [0.717, 1.165) is 15.6 Å². The Kier molecular flexibility index (Phi) is 7.38. The van der Waals surface area contributed by atoms with E-state index in [9.17, 15) is 0 Å². The maximum atomic E-state index is 6.01. The van der Waals surface area contributed by atoms with Crippen molar-refractivity contribution in [3.8, 4) is 0 Å². The summed E-state index contributed by atoms with van der Waals surface area (Å²) in [6.07, 6.45) is -0.456. The van der Waals surface area contributed by atoms with Gasteiger partial charge in [-0.15, -0.1) is 0 Å². The maximum absolute atomic E-state index is 6.01. The SMILES string of the molecule is Cc1ccccc1.N/C(=N\C(N)c1cccc(Br)c1)c1ccccc1. The molecule has 0 saturated carbocycles. The van der Waals surface area contributed by atoms with Crippen molar-refractivity contribution < 1.29 is 0 Å². The van der Waals surface area contributed by atoms with E-state index in [2.05, 4.69) is 40.0 Å². The van der Waals surface area contributed by atoms with Crippen molar-refractivity contribution in [2.24, 2.45) is 16.5 Å². The predicted octanol–water partition coefficient (Wildman–Crippen LogP) is 4.81. The molecule has 0 fully saturated rings. The Bertz CT molecular complexity index is 802. The standard InChI is InChI=1S/C14H14BrN3.C7H8/c15-12-8-4-7-11(9-12)14(17)18-13(16)10-5-2-1-3-6-10;1-7-5-3-2-4-6-7/h1-9,14H,17H2,(H2,16,18);2-6H,1H3. The van der Waals surface area contributed by atoms with Crippen molar-refractivity contribution in [1.82, 2.24) is 0 Å². The van der Waals surface area contributed by atoms with Gasteiger partial charge in [-0.1, -0.05) is 94.3 Å². The van der Waals surface area contributed by atoms with Gasteiger partial charge in [0.05, 0.1) is 0 Å². The van der Waals surface area contributed by atoms with Gasteiger partial charge in [0.15, 0.2) is 0 Å². The third-order valence-electron chi connectivity index (χ3n) is 3.48. The second-order valence-electron chi connectivity index (χ2n) is 5.53. The van der Waals surface area contributed by atoms with Crippen LogP contribution >= 0.6 is 15.9 Å². The van der Waals surface area contributed by atoms with Gasteiger partial charge in [-0.2, -0.15) is 0 Å². The molecule has 128 valence electrons. The molecule has 3 aromatic carbocycles. The van der Waals surface area contributed by atoms with Crippen molar-refractivity contribution in [3.63, 3.8) is 0 Å². The first-order valence-electron chi connectivity index (χ1n) is 7.97. The van der Waals surface area contributed by atoms with Gasteiger partial charge in [-0.05, 0) is 24.6 Å². The van der Waals surface area contributed by atoms with Crippen LogP contribution in [-0.4, -0.2) is 5.84 Å². The minimum atomic E-state index is -0.456. The van der Waals surface area contributed by atoms with Crippen LogP contribution in [0.25, 0.3) is 0 Å². The van der Waals surface area contributed by atoms with Crippen molar-refractivity contribution >= 4 is 21.8 Å². The van der Waals surface area contributed by atoms with Gasteiger partial charge in [-0.3, -0.25) is 0 Å². The van der Waals surface area contributed by atoms with Gasteiger partial charge in [0.25, 0.3) is 0 Å². The van der Waals surface area contributed by atoms with Crippen LogP contribution in [0.1, 0.15) is 22.9 Å². The van der Waals surface area contributed by atoms with Crippen LogP contribution in [0, 0.1) is 6.92 Å². The molecule has 0 aliphatic rings. The third-order valence-corrected chi connectivity index (χ3v) is 3.97. The Labute approximate surface area is 157 Å². The summed E-state index contributed by atoms with van der Waals surface area (Å²) in [5, 5.41) is 0. The molecule has 3 rings (SSSR count). The molecule has 0 saturated heterocycles. The fourth-order valence-corrected chi connectivity index (χ4v) is 2.55. The number of benzene rings is 3. The van der Waals surface area contributed by atoms with Crippen LogP contribution in [-0.2, 0) is 0 Å². The lowest BCUT2D eigenvalue weighted by Crippen LogP contribution is -2.18. The van der Waals surface area contributed by atoms with E-state index in [1.165, 1.54) is 5.56 Å². The van der Waals surface area contributed by atoms with Crippen LogP contribution in [0.4, 0.5) is 0 Å². The molecule has 3 nitrogen and oxygen atoms in total.